The molecule has 1 aliphatic heterocycles. The molecule has 0 aromatic heterocycles. The zero-order valence-electron chi connectivity index (χ0n) is 15.4. The van der Waals surface area contributed by atoms with Gasteiger partial charge in [0.1, 0.15) is 5.75 Å². The van der Waals surface area contributed by atoms with E-state index in [4.69, 9.17) is 9.47 Å². The second-order valence-electron chi connectivity index (χ2n) is 6.45. The standard InChI is InChI=1S/C19H31N3O2/c1-5-10-21-18(20-3)22-14-19(8-11-24-12-9-19)16-13-15(2)6-7-17(16)23-4/h6-7,13H,5,8-12,14H2,1-4H3,(H2,20,21,22). The van der Waals surface area contributed by atoms with Crippen LogP contribution >= 0.6 is 0 Å². The number of rotatable bonds is 6. The third-order valence-electron chi connectivity index (χ3n) is 4.74. The molecule has 0 unspecified atom stereocenters. The number of aliphatic imine (C=N–C) groups is 1. The molecule has 5 nitrogen and oxygen atoms in total. The smallest absolute Gasteiger partial charge is 0.191 e. The van der Waals surface area contributed by atoms with E-state index in [-0.39, 0.29) is 5.41 Å². The van der Waals surface area contributed by atoms with Gasteiger partial charge in [0, 0.05) is 44.3 Å². The normalized spacial score (nSPS) is 17.4. The largest absolute Gasteiger partial charge is 0.496 e. The first-order valence-electron chi connectivity index (χ1n) is 8.82. The predicted molar refractivity (Wildman–Crippen MR) is 99.1 cm³/mol. The van der Waals surface area contributed by atoms with Gasteiger partial charge in [0.05, 0.1) is 7.11 Å². The summed E-state index contributed by atoms with van der Waals surface area (Å²) in [6, 6.07) is 6.44. The van der Waals surface area contributed by atoms with Crippen molar-refractivity contribution in [2.75, 3.05) is 40.5 Å². The van der Waals surface area contributed by atoms with Crippen LogP contribution in [0.15, 0.2) is 23.2 Å². The molecule has 134 valence electrons. The molecular weight excluding hydrogens is 302 g/mol. The maximum Gasteiger partial charge on any atom is 0.191 e. The maximum absolute atomic E-state index is 5.66. The predicted octanol–water partition coefficient (Wildman–Crippen LogP) is 2.63. The maximum atomic E-state index is 5.66. The highest BCUT2D eigenvalue weighted by Crippen LogP contribution is 2.39. The lowest BCUT2D eigenvalue weighted by molar-refractivity contribution is 0.0505. The van der Waals surface area contributed by atoms with Crippen molar-refractivity contribution >= 4 is 5.96 Å². The van der Waals surface area contributed by atoms with E-state index in [9.17, 15) is 0 Å². The van der Waals surface area contributed by atoms with E-state index in [2.05, 4.69) is 47.7 Å². The van der Waals surface area contributed by atoms with Crippen molar-refractivity contribution in [3.8, 4) is 5.75 Å². The van der Waals surface area contributed by atoms with Crippen molar-refractivity contribution in [2.45, 2.75) is 38.5 Å². The van der Waals surface area contributed by atoms with Crippen molar-refractivity contribution in [1.82, 2.24) is 10.6 Å². The number of benzene rings is 1. The highest BCUT2D eigenvalue weighted by molar-refractivity contribution is 5.79. The second kappa shape index (κ2) is 8.92. The van der Waals surface area contributed by atoms with Gasteiger partial charge in [0.2, 0.25) is 0 Å². The summed E-state index contributed by atoms with van der Waals surface area (Å²) in [6.07, 6.45) is 3.03. The van der Waals surface area contributed by atoms with Gasteiger partial charge < -0.3 is 20.1 Å². The molecule has 1 aromatic rings. The van der Waals surface area contributed by atoms with Gasteiger partial charge in [0.25, 0.3) is 0 Å². The Kier molecular flexibility index (Phi) is 6.91. The summed E-state index contributed by atoms with van der Waals surface area (Å²) in [5, 5.41) is 6.86. The van der Waals surface area contributed by atoms with Crippen LogP contribution in [-0.4, -0.2) is 46.4 Å². The molecule has 0 aliphatic carbocycles. The third kappa shape index (κ3) is 4.41. The summed E-state index contributed by atoms with van der Waals surface area (Å²) < 4.78 is 11.3. The quantitative estimate of drug-likeness (QED) is 0.621. The SMILES string of the molecule is CCCNC(=NC)NCC1(c2cc(C)ccc2OC)CCOCC1. The molecule has 2 N–H and O–H groups in total. The van der Waals surface area contributed by atoms with Gasteiger partial charge in [-0.3, -0.25) is 4.99 Å². The minimum Gasteiger partial charge on any atom is -0.496 e. The zero-order chi connectivity index (χ0) is 17.4. The van der Waals surface area contributed by atoms with Gasteiger partial charge >= 0.3 is 0 Å². The lowest BCUT2D eigenvalue weighted by Crippen LogP contribution is -2.48. The Bertz CT molecular complexity index is 552. The van der Waals surface area contributed by atoms with Crippen LogP contribution in [0.4, 0.5) is 0 Å². The number of aryl methyl sites for hydroxylation is 1. The highest BCUT2D eigenvalue weighted by Gasteiger charge is 2.37. The Balaban J connectivity index is 2.25. The minimum absolute atomic E-state index is 0.000548. The zero-order valence-corrected chi connectivity index (χ0v) is 15.4. The molecule has 24 heavy (non-hydrogen) atoms. The molecule has 1 heterocycles. The van der Waals surface area contributed by atoms with Crippen molar-refractivity contribution in [2.24, 2.45) is 4.99 Å². The number of methoxy groups -OCH3 is 1. The molecule has 0 bridgehead atoms. The first-order valence-corrected chi connectivity index (χ1v) is 8.82. The fourth-order valence-electron chi connectivity index (χ4n) is 3.26. The van der Waals surface area contributed by atoms with E-state index in [0.717, 1.165) is 57.3 Å². The molecule has 0 spiro atoms. The summed E-state index contributed by atoms with van der Waals surface area (Å²) in [7, 11) is 3.56. The van der Waals surface area contributed by atoms with E-state index >= 15 is 0 Å². The summed E-state index contributed by atoms with van der Waals surface area (Å²) in [5.74, 6) is 1.81. The Morgan fingerprint density at radius 1 is 1.29 bits per heavy atom. The van der Waals surface area contributed by atoms with Crippen LogP contribution in [0.2, 0.25) is 0 Å². The molecule has 0 amide bonds. The number of guanidine groups is 1. The van der Waals surface area contributed by atoms with Crippen LogP contribution in [0.3, 0.4) is 0 Å². The number of ether oxygens (including phenoxy) is 2. The van der Waals surface area contributed by atoms with E-state index in [0.29, 0.717) is 0 Å². The van der Waals surface area contributed by atoms with Gasteiger partial charge in [-0.25, -0.2) is 0 Å². The Labute approximate surface area is 145 Å². The van der Waals surface area contributed by atoms with Crippen molar-refractivity contribution in [3.63, 3.8) is 0 Å². The van der Waals surface area contributed by atoms with E-state index in [1.807, 2.05) is 7.05 Å². The molecule has 0 saturated carbocycles. The molecule has 5 heteroatoms. The molecule has 2 rings (SSSR count). The topological polar surface area (TPSA) is 54.9 Å². The fourth-order valence-corrected chi connectivity index (χ4v) is 3.26. The van der Waals surface area contributed by atoms with E-state index in [1.54, 1.807) is 7.11 Å². The highest BCUT2D eigenvalue weighted by atomic mass is 16.5. The van der Waals surface area contributed by atoms with Gasteiger partial charge in [-0.05, 0) is 32.3 Å². The first-order chi connectivity index (χ1) is 11.6. The van der Waals surface area contributed by atoms with E-state index < -0.39 is 0 Å². The summed E-state index contributed by atoms with van der Waals surface area (Å²) >= 11 is 0. The van der Waals surface area contributed by atoms with Crippen LogP contribution in [0, 0.1) is 6.92 Å². The minimum atomic E-state index is -0.000548. The molecule has 0 atom stereocenters. The van der Waals surface area contributed by atoms with E-state index in [1.165, 1.54) is 11.1 Å². The number of nitrogens with zero attached hydrogens (tertiary/aromatic N) is 1. The average molecular weight is 333 g/mol. The van der Waals surface area contributed by atoms with Crippen LogP contribution in [-0.2, 0) is 10.2 Å². The number of nitrogens with one attached hydrogen (secondary N) is 2. The molecule has 1 aliphatic rings. The van der Waals surface area contributed by atoms with Crippen LogP contribution in [0.1, 0.15) is 37.3 Å². The van der Waals surface area contributed by atoms with Gasteiger partial charge in [-0.2, -0.15) is 0 Å². The first kappa shape index (κ1) is 18.6. The van der Waals surface area contributed by atoms with Crippen LogP contribution in [0.5, 0.6) is 5.75 Å². The molecule has 1 saturated heterocycles. The molecular formula is C19H31N3O2. The monoisotopic (exact) mass is 333 g/mol. The molecule has 0 radical (unpaired) electrons. The Morgan fingerprint density at radius 3 is 2.67 bits per heavy atom. The lowest BCUT2D eigenvalue weighted by atomic mass is 9.73. The van der Waals surface area contributed by atoms with Crippen molar-refractivity contribution in [3.05, 3.63) is 29.3 Å². The molecule has 1 fully saturated rings. The van der Waals surface area contributed by atoms with Crippen molar-refractivity contribution in [1.29, 1.82) is 0 Å². The third-order valence-corrected chi connectivity index (χ3v) is 4.74. The van der Waals surface area contributed by atoms with Crippen LogP contribution < -0.4 is 15.4 Å². The Hall–Kier alpha value is -1.75. The fraction of sp³-hybridized carbons (Fsp3) is 0.632. The summed E-state index contributed by atoms with van der Waals surface area (Å²) in [5.41, 5.74) is 2.52. The Morgan fingerprint density at radius 2 is 2.04 bits per heavy atom. The average Bonchev–Trinajstić information content (AvgIpc) is 2.62. The number of hydrogen-bond donors (Lipinski definition) is 2. The van der Waals surface area contributed by atoms with Gasteiger partial charge in [0.15, 0.2) is 5.96 Å². The number of hydrogen-bond acceptors (Lipinski definition) is 3. The summed E-state index contributed by atoms with van der Waals surface area (Å²) in [4.78, 5) is 4.33. The van der Waals surface area contributed by atoms with Gasteiger partial charge in [-0.1, -0.05) is 24.6 Å². The second-order valence-corrected chi connectivity index (χ2v) is 6.45. The summed E-state index contributed by atoms with van der Waals surface area (Å²) in [6.45, 7) is 7.58. The van der Waals surface area contributed by atoms with Crippen LogP contribution in [0.25, 0.3) is 0 Å². The van der Waals surface area contributed by atoms with Crippen molar-refractivity contribution < 1.29 is 9.47 Å². The lowest BCUT2D eigenvalue weighted by Gasteiger charge is -2.39. The molecule has 1 aromatic carbocycles. The van der Waals surface area contributed by atoms with Gasteiger partial charge in [-0.15, -0.1) is 0 Å².